The van der Waals surface area contributed by atoms with Gasteiger partial charge in [0.1, 0.15) is 0 Å². The molecule has 1 saturated heterocycles. The largest absolute Gasteiger partial charge is 0.481 e. The van der Waals surface area contributed by atoms with Crippen LogP contribution in [-0.2, 0) is 20.6 Å². The second-order valence-corrected chi connectivity index (χ2v) is 8.45. The van der Waals surface area contributed by atoms with E-state index in [0.29, 0.717) is 12.8 Å². The normalized spacial score (nSPS) is 27.1. The van der Waals surface area contributed by atoms with Crippen LogP contribution in [0, 0.1) is 21.4 Å². The van der Waals surface area contributed by atoms with Gasteiger partial charge in [0, 0.05) is 24.7 Å². The lowest BCUT2D eigenvalue weighted by Crippen LogP contribution is -2.37. The van der Waals surface area contributed by atoms with Gasteiger partial charge in [-0.2, -0.15) is 0 Å². The van der Waals surface area contributed by atoms with Crippen molar-refractivity contribution in [1.82, 2.24) is 4.31 Å². The molecule has 1 heterocycles. The molecule has 0 amide bonds. The number of para-hydroxylation sites is 1. The van der Waals surface area contributed by atoms with Gasteiger partial charge in [0.25, 0.3) is 5.69 Å². The van der Waals surface area contributed by atoms with Crippen molar-refractivity contribution >= 4 is 21.7 Å². The summed E-state index contributed by atoms with van der Waals surface area (Å²) in [5.41, 5.74) is -1.13. The molecule has 2 fully saturated rings. The summed E-state index contributed by atoms with van der Waals surface area (Å²) in [6, 6.07) is 5.71. The maximum Gasteiger partial charge on any atom is 0.311 e. The average molecular weight is 354 g/mol. The Morgan fingerprint density at radius 1 is 1.42 bits per heavy atom. The molecule has 0 radical (unpaired) electrons. The Labute approximate surface area is 139 Å². The lowest BCUT2D eigenvalue weighted by atomic mass is 9.81. The molecule has 9 heteroatoms. The van der Waals surface area contributed by atoms with Crippen molar-refractivity contribution in [3.05, 3.63) is 39.9 Å². The fourth-order valence-corrected chi connectivity index (χ4v) is 5.56. The van der Waals surface area contributed by atoms with E-state index in [9.17, 15) is 28.4 Å². The van der Waals surface area contributed by atoms with Crippen molar-refractivity contribution in [3.8, 4) is 0 Å². The first-order valence-electron chi connectivity index (χ1n) is 7.70. The monoisotopic (exact) mass is 354 g/mol. The minimum Gasteiger partial charge on any atom is -0.481 e. The maximum absolute atomic E-state index is 12.7. The van der Waals surface area contributed by atoms with Crippen molar-refractivity contribution in [1.29, 1.82) is 0 Å². The number of nitro benzene ring substituents is 1. The van der Waals surface area contributed by atoms with Gasteiger partial charge in [-0.1, -0.05) is 24.6 Å². The van der Waals surface area contributed by atoms with E-state index in [1.165, 1.54) is 22.5 Å². The fourth-order valence-electron chi connectivity index (χ4n) is 3.90. The quantitative estimate of drug-likeness (QED) is 0.634. The highest BCUT2D eigenvalue weighted by Crippen LogP contribution is 2.49. The van der Waals surface area contributed by atoms with Crippen LogP contribution in [0.5, 0.6) is 0 Å². The van der Waals surface area contributed by atoms with E-state index in [2.05, 4.69) is 0 Å². The minimum atomic E-state index is -3.82. The summed E-state index contributed by atoms with van der Waals surface area (Å²) in [6.45, 7) is 0.130. The molecule has 130 valence electrons. The molecule has 0 bridgehead atoms. The van der Waals surface area contributed by atoms with Gasteiger partial charge in [-0.15, -0.1) is 0 Å². The van der Waals surface area contributed by atoms with E-state index in [-0.39, 0.29) is 30.3 Å². The number of carboxylic acid groups (broad SMARTS) is 1. The third kappa shape index (κ3) is 2.67. The lowest BCUT2D eigenvalue weighted by Gasteiger charge is -2.23. The number of fused-ring (bicyclic) bond motifs is 1. The number of nitrogens with zero attached hydrogens (tertiary/aromatic N) is 2. The van der Waals surface area contributed by atoms with Gasteiger partial charge in [0.15, 0.2) is 0 Å². The molecule has 0 unspecified atom stereocenters. The summed E-state index contributed by atoms with van der Waals surface area (Å²) in [7, 11) is -3.82. The van der Waals surface area contributed by atoms with Gasteiger partial charge in [-0.05, 0) is 18.8 Å². The first-order chi connectivity index (χ1) is 11.3. The van der Waals surface area contributed by atoms with Gasteiger partial charge in [0.05, 0.1) is 16.1 Å². The predicted octanol–water partition coefficient (Wildman–Crippen LogP) is 1.61. The van der Waals surface area contributed by atoms with Crippen LogP contribution in [0.1, 0.15) is 24.8 Å². The molecule has 0 spiro atoms. The van der Waals surface area contributed by atoms with E-state index in [1.807, 2.05) is 0 Å². The standard InChI is InChI=1S/C15H18N2O6S/c18-14(19)15-7-3-5-12(15)8-16(10-15)24(22,23)9-11-4-1-2-6-13(11)17(20)21/h1-2,4,6,12H,3,5,7-10H2,(H,18,19)/t12-,15+/m0/s1. The van der Waals surface area contributed by atoms with Crippen LogP contribution in [0.3, 0.4) is 0 Å². The van der Waals surface area contributed by atoms with Crippen molar-refractivity contribution in [2.24, 2.45) is 11.3 Å². The zero-order valence-electron chi connectivity index (χ0n) is 12.9. The number of aliphatic carboxylic acids is 1. The number of rotatable bonds is 5. The molecule has 1 saturated carbocycles. The maximum atomic E-state index is 12.7. The lowest BCUT2D eigenvalue weighted by molar-refractivity contribution is -0.385. The van der Waals surface area contributed by atoms with Crippen LogP contribution in [0.25, 0.3) is 0 Å². The van der Waals surface area contributed by atoms with E-state index >= 15 is 0 Å². The van der Waals surface area contributed by atoms with Crippen LogP contribution < -0.4 is 0 Å². The van der Waals surface area contributed by atoms with E-state index in [0.717, 1.165) is 6.42 Å². The number of carbonyl (C=O) groups is 1. The number of hydrogen-bond acceptors (Lipinski definition) is 5. The predicted molar refractivity (Wildman–Crippen MR) is 84.7 cm³/mol. The van der Waals surface area contributed by atoms with Gasteiger partial charge in [-0.25, -0.2) is 12.7 Å². The molecule has 3 rings (SSSR count). The van der Waals surface area contributed by atoms with Crippen LogP contribution in [0.2, 0.25) is 0 Å². The van der Waals surface area contributed by atoms with Crippen LogP contribution >= 0.6 is 0 Å². The van der Waals surface area contributed by atoms with E-state index < -0.39 is 32.1 Å². The summed E-state index contributed by atoms with van der Waals surface area (Å²) >= 11 is 0. The molecule has 0 aromatic heterocycles. The molecule has 1 aromatic carbocycles. The smallest absolute Gasteiger partial charge is 0.311 e. The zero-order chi connectivity index (χ0) is 17.5. The number of sulfonamides is 1. The third-order valence-corrected chi connectivity index (χ3v) is 6.93. The van der Waals surface area contributed by atoms with Gasteiger partial charge < -0.3 is 5.11 Å². The van der Waals surface area contributed by atoms with Gasteiger partial charge in [0.2, 0.25) is 10.0 Å². The Balaban J connectivity index is 1.86. The number of nitro groups is 1. The molecule has 1 aliphatic heterocycles. The zero-order valence-corrected chi connectivity index (χ0v) is 13.7. The third-order valence-electron chi connectivity index (χ3n) is 5.19. The Kier molecular flexibility index (Phi) is 4.08. The summed E-state index contributed by atoms with van der Waals surface area (Å²) < 4.78 is 26.6. The van der Waals surface area contributed by atoms with Crippen LogP contribution in [0.15, 0.2) is 24.3 Å². The summed E-state index contributed by atoms with van der Waals surface area (Å²) in [6.07, 6.45) is 1.96. The van der Waals surface area contributed by atoms with Crippen molar-refractivity contribution < 1.29 is 23.2 Å². The van der Waals surface area contributed by atoms with Crippen molar-refractivity contribution in [2.75, 3.05) is 13.1 Å². The minimum absolute atomic E-state index is 0.0457. The number of benzene rings is 1. The summed E-state index contributed by atoms with van der Waals surface area (Å²) in [5, 5.41) is 20.6. The topological polar surface area (TPSA) is 118 Å². The van der Waals surface area contributed by atoms with Gasteiger partial charge >= 0.3 is 5.97 Å². The number of carboxylic acids is 1. The highest BCUT2D eigenvalue weighted by Gasteiger charge is 2.57. The molecule has 8 nitrogen and oxygen atoms in total. The molecular weight excluding hydrogens is 336 g/mol. The summed E-state index contributed by atoms with van der Waals surface area (Å²) in [5.74, 6) is -1.63. The Morgan fingerprint density at radius 2 is 2.12 bits per heavy atom. The average Bonchev–Trinajstić information content (AvgIpc) is 3.05. The first-order valence-corrected chi connectivity index (χ1v) is 9.31. The van der Waals surface area contributed by atoms with Crippen molar-refractivity contribution in [2.45, 2.75) is 25.0 Å². The van der Waals surface area contributed by atoms with Crippen LogP contribution in [-0.4, -0.2) is 41.8 Å². The highest BCUT2D eigenvalue weighted by molar-refractivity contribution is 7.88. The highest BCUT2D eigenvalue weighted by atomic mass is 32.2. The molecule has 1 aliphatic carbocycles. The van der Waals surface area contributed by atoms with Crippen LogP contribution in [0.4, 0.5) is 5.69 Å². The molecular formula is C15H18N2O6S. The Bertz CT molecular complexity index is 793. The van der Waals surface area contributed by atoms with E-state index in [1.54, 1.807) is 6.07 Å². The Morgan fingerprint density at radius 3 is 2.75 bits per heavy atom. The van der Waals surface area contributed by atoms with Gasteiger partial charge in [-0.3, -0.25) is 14.9 Å². The molecule has 1 aromatic rings. The number of hydrogen-bond donors (Lipinski definition) is 1. The SMILES string of the molecule is O=C(O)[C@@]12CCC[C@H]1CN(S(=O)(=O)Cc1ccccc1[N+](=O)[O-])C2. The first kappa shape index (κ1) is 16.8. The molecule has 2 aliphatic rings. The van der Waals surface area contributed by atoms with Crippen molar-refractivity contribution in [3.63, 3.8) is 0 Å². The second-order valence-electron chi connectivity index (χ2n) is 6.49. The summed E-state index contributed by atoms with van der Waals surface area (Å²) in [4.78, 5) is 22.1. The Hall–Kier alpha value is -2.00. The van der Waals surface area contributed by atoms with E-state index in [4.69, 9.17) is 0 Å². The molecule has 2 atom stereocenters. The molecule has 1 N–H and O–H groups in total. The fraction of sp³-hybridized carbons (Fsp3) is 0.533. The second kappa shape index (κ2) is 5.82. The molecule has 24 heavy (non-hydrogen) atoms.